The minimum absolute atomic E-state index is 0.0782. The minimum atomic E-state index is -4.10. The number of thioether (sulfide) groups is 1. The molecular formula is C12H14N4O4S3. The van der Waals surface area contributed by atoms with Gasteiger partial charge in [-0.2, -0.15) is 0 Å². The molecule has 0 aliphatic heterocycles. The van der Waals surface area contributed by atoms with E-state index in [4.69, 9.17) is 0 Å². The summed E-state index contributed by atoms with van der Waals surface area (Å²) < 4.78 is 27.5. The van der Waals surface area contributed by atoms with Crippen molar-refractivity contribution in [2.24, 2.45) is 5.92 Å². The molecule has 0 radical (unpaired) electrons. The van der Waals surface area contributed by atoms with Crippen LogP contribution in [0, 0.1) is 16.0 Å². The lowest BCUT2D eigenvalue weighted by Gasteiger charge is -2.05. The Morgan fingerprint density at radius 1 is 1.35 bits per heavy atom. The molecule has 8 nitrogen and oxygen atoms in total. The molecule has 11 heteroatoms. The number of nitro groups is 1. The molecular weight excluding hydrogens is 360 g/mol. The van der Waals surface area contributed by atoms with Crippen LogP contribution in [0.4, 0.5) is 10.8 Å². The second kappa shape index (κ2) is 7.23. The lowest BCUT2D eigenvalue weighted by molar-refractivity contribution is -0.387. The Bertz CT molecular complexity index is 804. The molecule has 1 aromatic carbocycles. The molecule has 0 unspecified atom stereocenters. The molecule has 0 aliphatic carbocycles. The molecule has 0 fully saturated rings. The zero-order valence-electron chi connectivity index (χ0n) is 12.3. The topological polar surface area (TPSA) is 115 Å². The lowest BCUT2D eigenvalue weighted by atomic mass is 10.3. The Kier molecular flexibility index (Phi) is 5.55. The van der Waals surface area contributed by atoms with E-state index in [1.54, 1.807) is 0 Å². The molecule has 0 bridgehead atoms. The zero-order chi connectivity index (χ0) is 17.0. The van der Waals surface area contributed by atoms with Crippen LogP contribution in [-0.4, -0.2) is 29.3 Å². The summed E-state index contributed by atoms with van der Waals surface area (Å²) in [6, 6.07) is 5.14. The summed E-state index contributed by atoms with van der Waals surface area (Å²) in [5.41, 5.74) is -0.487. The summed E-state index contributed by atoms with van der Waals surface area (Å²) in [5, 5.41) is 18.7. The molecule has 0 saturated heterocycles. The van der Waals surface area contributed by atoms with Crippen LogP contribution in [0.2, 0.25) is 0 Å². The van der Waals surface area contributed by atoms with E-state index in [0.717, 1.165) is 23.2 Å². The van der Waals surface area contributed by atoms with Gasteiger partial charge in [0.25, 0.3) is 15.7 Å². The zero-order valence-corrected chi connectivity index (χ0v) is 14.7. The third-order valence-corrected chi connectivity index (χ3v) is 6.43. The Morgan fingerprint density at radius 2 is 2.04 bits per heavy atom. The molecule has 1 N–H and O–H groups in total. The molecule has 1 aromatic heterocycles. The number of sulfonamides is 1. The maximum Gasteiger partial charge on any atom is 0.289 e. The molecule has 1 heterocycles. The van der Waals surface area contributed by atoms with Gasteiger partial charge in [-0.05, 0) is 12.0 Å². The van der Waals surface area contributed by atoms with Crippen molar-refractivity contribution in [3.8, 4) is 0 Å². The maximum absolute atomic E-state index is 12.3. The summed E-state index contributed by atoms with van der Waals surface area (Å²) in [4.78, 5) is 9.82. The van der Waals surface area contributed by atoms with Crippen LogP contribution in [0.1, 0.15) is 13.8 Å². The van der Waals surface area contributed by atoms with Gasteiger partial charge >= 0.3 is 0 Å². The molecule has 124 valence electrons. The number of nitrogens with one attached hydrogen (secondary N) is 1. The average Bonchev–Trinajstić information content (AvgIpc) is 2.92. The first-order chi connectivity index (χ1) is 10.8. The Balaban J connectivity index is 2.21. The van der Waals surface area contributed by atoms with E-state index in [9.17, 15) is 18.5 Å². The van der Waals surface area contributed by atoms with Gasteiger partial charge in [-0.1, -0.05) is 49.1 Å². The third kappa shape index (κ3) is 4.62. The summed E-state index contributed by atoms with van der Waals surface area (Å²) in [6.07, 6.45) is 0. The third-order valence-electron chi connectivity index (χ3n) is 2.52. The number of rotatable bonds is 7. The van der Waals surface area contributed by atoms with Gasteiger partial charge in [0.05, 0.1) is 4.92 Å². The van der Waals surface area contributed by atoms with Crippen LogP contribution >= 0.6 is 23.1 Å². The molecule has 2 rings (SSSR count). The van der Waals surface area contributed by atoms with Crippen molar-refractivity contribution in [1.82, 2.24) is 10.2 Å². The predicted octanol–water partition coefficient (Wildman–Crippen LogP) is 3.00. The van der Waals surface area contributed by atoms with Crippen molar-refractivity contribution in [3.63, 3.8) is 0 Å². The average molecular weight is 374 g/mol. The van der Waals surface area contributed by atoms with E-state index in [2.05, 4.69) is 28.8 Å². The van der Waals surface area contributed by atoms with E-state index in [1.165, 1.54) is 30.0 Å². The molecule has 0 spiro atoms. The standard InChI is InChI=1S/C12H14N4O4S3/c1-8(2)7-21-12-14-13-11(22-12)15-23(19,20)10-6-4-3-5-9(10)16(17)18/h3-6,8H,7H2,1-2H3,(H,13,15). The highest BCUT2D eigenvalue weighted by Crippen LogP contribution is 2.30. The second-order valence-corrected chi connectivity index (χ2v) is 8.80. The van der Waals surface area contributed by atoms with Crippen LogP contribution in [0.3, 0.4) is 0 Å². The fourth-order valence-electron chi connectivity index (χ4n) is 1.55. The summed E-state index contributed by atoms with van der Waals surface area (Å²) in [5.74, 6) is 1.31. The van der Waals surface area contributed by atoms with Crippen molar-refractivity contribution >= 4 is 43.9 Å². The van der Waals surface area contributed by atoms with Crippen molar-refractivity contribution in [1.29, 1.82) is 0 Å². The van der Waals surface area contributed by atoms with E-state index < -0.39 is 25.5 Å². The molecule has 23 heavy (non-hydrogen) atoms. The number of benzene rings is 1. The van der Waals surface area contributed by atoms with Crippen LogP contribution in [0.15, 0.2) is 33.5 Å². The Morgan fingerprint density at radius 3 is 2.70 bits per heavy atom. The molecule has 0 saturated carbocycles. The fourth-order valence-corrected chi connectivity index (χ4v) is 4.68. The first kappa shape index (κ1) is 17.6. The van der Waals surface area contributed by atoms with Gasteiger partial charge in [0.15, 0.2) is 9.24 Å². The minimum Gasteiger partial charge on any atom is -0.258 e. The van der Waals surface area contributed by atoms with Crippen molar-refractivity contribution in [2.75, 3.05) is 10.5 Å². The fraction of sp³-hybridized carbons (Fsp3) is 0.333. The van der Waals surface area contributed by atoms with Gasteiger partial charge < -0.3 is 0 Å². The normalized spacial score (nSPS) is 11.6. The largest absolute Gasteiger partial charge is 0.289 e. The van der Waals surface area contributed by atoms with Crippen LogP contribution in [0.25, 0.3) is 0 Å². The van der Waals surface area contributed by atoms with Crippen molar-refractivity contribution in [2.45, 2.75) is 23.1 Å². The number of nitro benzene ring substituents is 1. The smallest absolute Gasteiger partial charge is 0.258 e. The number of hydrogen-bond acceptors (Lipinski definition) is 8. The van der Waals surface area contributed by atoms with Gasteiger partial charge in [0, 0.05) is 11.8 Å². The van der Waals surface area contributed by atoms with E-state index in [1.807, 2.05) is 0 Å². The van der Waals surface area contributed by atoms with Crippen molar-refractivity contribution in [3.05, 3.63) is 34.4 Å². The van der Waals surface area contributed by atoms with Gasteiger partial charge in [0.2, 0.25) is 5.13 Å². The summed E-state index contributed by atoms with van der Waals surface area (Å²) in [6.45, 7) is 4.12. The number of nitrogens with zero attached hydrogens (tertiary/aromatic N) is 3. The highest BCUT2D eigenvalue weighted by Gasteiger charge is 2.26. The first-order valence-electron chi connectivity index (χ1n) is 6.52. The van der Waals surface area contributed by atoms with Gasteiger partial charge in [-0.3, -0.25) is 14.8 Å². The number of anilines is 1. The number of aromatic nitrogens is 2. The number of para-hydroxylation sites is 1. The molecule has 2 aromatic rings. The number of hydrogen-bond donors (Lipinski definition) is 1. The van der Waals surface area contributed by atoms with Gasteiger partial charge in [0.1, 0.15) is 0 Å². The second-order valence-electron chi connectivity index (χ2n) is 4.91. The quantitative estimate of drug-likeness (QED) is 0.450. The Hall–Kier alpha value is -1.72. The molecule has 0 amide bonds. The van der Waals surface area contributed by atoms with Crippen LogP contribution in [-0.2, 0) is 10.0 Å². The molecule has 0 aliphatic rings. The first-order valence-corrected chi connectivity index (χ1v) is 9.80. The maximum atomic E-state index is 12.3. The monoisotopic (exact) mass is 374 g/mol. The lowest BCUT2D eigenvalue weighted by Crippen LogP contribution is -2.14. The summed E-state index contributed by atoms with van der Waals surface area (Å²) in [7, 11) is -4.10. The van der Waals surface area contributed by atoms with E-state index in [-0.39, 0.29) is 5.13 Å². The van der Waals surface area contributed by atoms with Gasteiger partial charge in [-0.25, -0.2) is 8.42 Å². The van der Waals surface area contributed by atoms with Crippen molar-refractivity contribution < 1.29 is 13.3 Å². The van der Waals surface area contributed by atoms with Gasteiger partial charge in [-0.15, -0.1) is 10.2 Å². The summed E-state index contributed by atoms with van der Waals surface area (Å²) >= 11 is 2.57. The highest BCUT2D eigenvalue weighted by atomic mass is 32.2. The van der Waals surface area contributed by atoms with E-state index >= 15 is 0 Å². The SMILES string of the molecule is CC(C)CSc1nnc(NS(=O)(=O)c2ccccc2[N+](=O)[O-])s1. The predicted molar refractivity (Wildman–Crippen MR) is 89.4 cm³/mol. The van der Waals surface area contributed by atoms with E-state index in [0.29, 0.717) is 10.3 Å². The molecule has 0 atom stereocenters. The van der Waals surface area contributed by atoms with Crippen LogP contribution < -0.4 is 4.72 Å². The van der Waals surface area contributed by atoms with Crippen LogP contribution in [0.5, 0.6) is 0 Å². The highest BCUT2D eigenvalue weighted by molar-refractivity contribution is 8.01. The Labute approximate surface area is 141 Å².